The number of benzene rings is 1. The summed E-state index contributed by atoms with van der Waals surface area (Å²) < 4.78 is 2.90. The molecule has 1 N–H and O–H groups in total. The Morgan fingerprint density at radius 1 is 1.33 bits per heavy atom. The Morgan fingerprint density at radius 2 is 2.19 bits per heavy atom. The summed E-state index contributed by atoms with van der Waals surface area (Å²) in [6, 6.07) is 7.98. The van der Waals surface area contributed by atoms with Crippen molar-refractivity contribution in [2.45, 2.75) is 20.5 Å². The Morgan fingerprint density at radius 3 is 2.90 bits per heavy atom. The molecule has 1 atom stereocenters. The zero-order chi connectivity index (χ0) is 13.7. The highest BCUT2D eigenvalue weighted by Gasteiger charge is 2.32. The molecule has 1 aromatic carbocycles. The van der Waals surface area contributed by atoms with Gasteiger partial charge in [0, 0.05) is 21.1 Å². The van der Waals surface area contributed by atoms with Crippen LogP contribution in [-0.4, -0.2) is 19.7 Å². The van der Waals surface area contributed by atoms with Crippen molar-refractivity contribution in [2.24, 2.45) is 0 Å². The highest BCUT2D eigenvalue weighted by atomic mass is 79.9. The van der Waals surface area contributed by atoms with Crippen LogP contribution in [0.3, 0.4) is 0 Å². The molecule has 1 aliphatic heterocycles. The number of fused-ring (bicyclic) bond motifs is 1. The Bertz CT molecular complexity index is 794. The van der Waals surface area contributed by atoms with Crippen LogP contribution in [0.1, 0.15) is 24.3 Å². The van der Waals surface area contributed by atoms with Crippen molar-refractivity contribution in [3.05, 3.63) is 44.8 Å². The third kappa shape index (κ3) is 2.36. The van der Waals surface area contributed by atoms with E-state index < -0.39 is 0 Å². The number of aryl methyl sites for hydroxylation is 1. The fourth-order valence-electron chi connectivity index (χ4n) is 2.13. The number of nitrogens with one attached hydrogen (secondary N) is 1. The number of thiazole rings is 1. The third-order valence-corrected chi connectivity index (χ3v) is 4.60. The van der Waals surface area contributed by atoms with E-state index >= 15 is 0 Å². The maximum atomic E-state index is 4.56. The maximum Gasteiger partial charge on any atom is 0.226 e. The van der Waals surface area contributed by atoms with Gasteiger partial charge < -0.3 is 5.32 Å². The zero-order valence-electron chi connectivity index (χ0n) is 10.5. The molecule has 0 spiro atoms. The van der Waals surface area contributed by atoms with Crippen molar-refractivity contribution in [1.29, 1.82) is 0 Å². The quantitative estimate of drug-likeness (QED) is 0.745. The summed E-state index contributed by atoms with van der Waals surface area (Å²) in [4.78, 5) is 8.98. The van der Waals surface area contributed by atoms with Crippen LogP contribution in [0.25, 0.3) is 11.4 Å². The van der Waals surface area contributed by atoms with Gasteiger partial charge in [0.1, 0.15) is 5.01 Å². The second kappa shape index (κ2) is 5.23. The Balaban J connectivity index is 0.00000132. The molecule has 0 radical (unpaired) electrons. The maximum absolute atomic E-state index is 4.56. The predicted molar refractivity (Wildman–Crippen MR) is 88.5 cm³/mol. The first-order chi connectivity index (χ1) is 9.70. The number of halogens is 1. The average Bonchev–Trinajstić information content (AvgIpc) is 2.96. The molecular formula is C14H14BrN5S. The lowest BCUT2D eigenvalue weighted by molar-refractivity contribution is 0.508. The SMILES string of the molecule is C.Cc1csc(C2Nc3nc(-c4cccc(Br)c4)nn32)n1. The molecule has 108 valence electrons. The van der Waals surface area contributed by atoms with Crippen LogP contribution in [0.5, 0.6) is 0 Å². The third-order valence-electron chi connectivity index (χ3n) is 3.10. The van der Waals surface area contributed by atoms with Crippen LogP contribution in [-0.2, 0) is 0 Å². The summed E-state index contributed by atoms with van der Waals surface area (Å²) in [5.41, 5.74) is 2.03. The molecule has 2 aromatic heterocycles. The Labute approximate surface area is 135 Å². The molecule has 0 aliphatic carbocycles. The largest absolute Gasteiger partial charge is 0.327 e. The first-order valence-corrected chi connectivity index (χ1v) is 7.79. The average molecular weight is 364 g/mol. The van der Waals surface area contributed by atoms with Gasteiger partial charge in [0.05, 0.1) is 0 Å². The molecule has 0 saturated carbocycles. The number of anilines is 1. The molecule has 0 saturated heterocycles. The number of aromatic nitrogens is 4. The highest BCUT2D eigenvalue weighted by molar-refractivity contribution is 9.10. The van der Waals surface area contributed by atoms with E-state index in [1.807, 2.05) is 41.3 Å². The monoisotopic (exact) mass is 363 g/mol. The van der Waals surface area contributed by atoms with E-state index in [9.17, 15) is 0 Å². The van der Waals surface area contributed by atoms with Crippen LogP contribution < -0.4 is 5.32 Å². The Hall–Kier alpha value is -1.73. The minimum atomic E-state index is 0. The second-order valence-electron chi connectivity index (χ2n) is 4.59. The summed E-state index contributed by atoms with van der Waals surface area (Å²) in [7, 11) is 0. The van der Waals surface area contributed by atoms with Crippen molar-refractivity contribution in [1.82, 2.24) is 19.7 Å². The van der Waals surface area contributed by atoms with Gasteiger partial charge in [0.15, 0.2) is 12.0 Å². The lowest BCUT2D eigenvalue weighted by atomic mass is 10.2. The van der Waals surface area contributed by atoms with Gasteiger partial charge in [0.2, 0.25) is 5.95 Å². The van der Waals surface area contributed by atoms with Gasteiger partial charge in [-0.2, -0.15) is 4.98 Å². The molecule has 4 rings (SSSR count). The lowest BCUT2D eigenvalue weighted by Crippen LogP contribution is -2.32. The van der Waals surface area contributed by atoms with E-state index in [4.69, 9.17) is 0 Å². The van der Waals surface area contributed by atoms with Crippen LogP contribution in [0, 0.1) is 6.92 Å². The molecule has 0 bridgehead atoms. The van der Waals surface area contributed by atoms with Crippen LogP contribution in [0.4, 0.5) is 5.95 Å². The van der Waals surface area contributed by atoms with E-state index in [1.165, 1.54) is 0 Å². The molecule has 3 heterocycles. The smallest absolute Gasteiger partial charge is 0.226 e. The van der Waals surface area contributed by atoms with Gasteiger partial charge in [-0.15, -0.1) is 16.4 Å². The second-order valence-corrected chi connectivity index (χ2v) is 6.39. The fraction of sp³-hybridized carbons (Fsp3) is 0.214. The standard InChI is InChI=1S/C13H10BrN5S.CH4/c1-7-6-20-12(15-7)11-17-13-16-10(18-19(11)13)8-3-2-4-9(14)5-8;/h2-6,11H,1H3,(H,16,17,18);1H4. The fourth-order valence-corrected chi connectivity index (χ4v) is 3.36. The summed E-state index contributed by atoms with van der Waals surface area (Å²) in [5.74, 6) is 1.52. The van der Waals surface area contributed by atoms with Crippen molar-refractivity contribution in [2.75, 3.05) is 5.32 Å². The molecule has 1 unspecified atom stereocenters. The number of rotatable bonds is 2. The molecule has 0 amide bonds. The van der Waals surface area contributed by atoms with Gasteiger partial charge >= 0.3 is 0 Å². The predicted octanol–water partition coefficient (Wildman–Crippen LogP) is 4.08. The summed E-state index contributed by atoms with van der Waals surface area (Å²) in [6.45, 7) is 1.99. The van der Waals surface area contributed by atoms with E-state index in [0.29, 0.717) is 0 Å². The molecule has 0 fully saturated rings. The molecule has 5 nitrogen and oxygen atoms in total. The van der Waals surface area contributed by atoms with Gasteiger partial charge in [-0.25, -0.2) is 9.67 Å². The summed E-state index contributed by atoms with van der Waals surface area (Å²) >= 11 is 5.10. The van der Waals surface area contributed by atoms with E-state index in [-0.39, 0.29) is 13.6 Å². The van der Waals surface area contributed by atoms with Crippen LogP contribution >= 0.6 is 27.3 Å². The van der Waals surface area contributed by atoms with Crippen LogP contribution in [0.15, 0.2) is 34.1 Å². The molecular weight excluding hydrogens is 350 g/mol. The van der Waals surface area contributed by atoms with Gasteiger partial charge in [0.25, 0.3) is 0 Å². The first-order valence-electron chi connectivity index (χ1n) is 6.12. The summed E-state index contributed by atoms with van der Waals surface area (Å²) in [6.07, 6.45) is 0.0112. The molecule has 21 heavy (non-hydrogen) atoms. The van der Waals surface area contributed by atoms with E-state index in [1.54, 1.807) is 11.3 Å². The summed E-state index contributed by atoms with van der Waals surface area (Å²) in [5, 5.41) is 10.9. The molecule has 3 aromatic rings. The molecule has 1 aliphatic rings. The number of hydrogen-bond acceptors (Lipinski definition) is 5. The normalized spacial score (nSPS) is 15.6. The van der Waals surface area contributed by atoms with Crippen molar-refractivity contribution in [3.63, 3.8) is 0 Å². The minimum Gasteiger partial charge on any atom is -0.327 e. The topological polar surface area (TPSA) is 55.6 Å². The highest BCUT2D eigenvalue weighted by Crippen LogP contribution is 2.34. The van der Waals surface area contributed by atoms with Gasteiger partial charge in [-0.05, 0) is 19.1 Å². The number of hydrogen-bond donors (Lipinski definition) is 1. The van der Waals surface area contributed by atoms with Gasteiger partial charge in [-0.1, -0.05) is 35.5 Å². The van der Waals surface area contributed by atoms with Crippen LogP contribution in [0.2, 0.25) is 0 Å². The lowest BCUT2D eigenvalue weighted by Gasteiger charge is -2.26. The van der Waals surface area contributed by atoms with Gasteiger partial charge in [-0.3, -0.25) is 0 Å². The van der Waals surface area contributed by atoms with E-state index in [0.717, 1.165) is 32.5 Å². The minimum absolute atomic E-state index is 0. The van der Waals surface area contributed by atoms with E-state index in [2.05, 4.69) is 36.3 Å². The first kappa shape index (κ1) is 14.2. The van der Waals surface area contributed by atoms with Crippen molar-refractivity contribution >= 4 is 33.2 Å². The van der Waals surface area contributed by atoms with Crippen molar-refractivity contribution in [3.8, 4) is 11.4 Å². The number of nitrogens with zero attached hydrogens (tertiary/aromatic N) is 4. The zero-order valence-corrected chi connectivity index (χ0v) is 12.9. The van der Waals surface area contributed by atoms with Crippen molar-refractivity contribution < 1.29 is 0 Å². The Kier molecular flexibility index (Phi) is 3.54. The molecule has 7 heteroatoms.